The van der Waals surface area contributed by atoms with Gasteiger partial charge in [-0.15, -0.1) is 11.3 Å². The van der Waals surface area contributed by atoms with Gasteiger partial charge in [0.25, 0.3) is 23.6 Å². The molecule has 22 nitrogen and oxygen atoms in total. The van der Waals surface area contributed by atoms with Crippen LogP contribution < -0.4 is 21.7 Å². The zero-order valence-corrected chi connectivity index (χ0v) is 31.6. The first-order valence-electron chi connectivity index (χ1n) is 16.7. The number of phenols is 2. The molecule has 1 aromatic carbocycles. The van der Waals surface area contributed by atoms with Crippen molar-refractivity contribution in [2.24, 2.45) is 5.16 Å². The number of oxime groups is 1. The van der Waals surface area contributed by atoms with Crippen molar-refractivity contribution in [1.29, 1.82) is 0 Å². The lowest BCUT2D eigenvalue weighted by Crippen LogP contribution is -2.74. The number of aromatic hydroxyl groups is 2. The van der Waals surface area contributed by atoms with Crippen LogP contribution in [0.25, 0.3) is 0 Å². The number of nitrogens with one attached hydrogen (secondary N) is 3. The molecule has 9 N–H and O–H groups in total. The number of thiazole rings is 1. The van der Waals surface area contributed by atoms with Crippen LogP contribution in [0, 0.1) is 0 Å². The maximum absolute atomic E-state index is 13.3. The number of carboxylic acid groups (broad SMARTS) is 1. The number of hydrogen-bond donors (Lipinski definition) is 8. The van der Waals surface area contributed by atoms with Crippen LogP contribution in [0.2, 0.25) is 5.02 Å². The Morgan fingerprint density at radius 2 is 1.95 bits per heavy atom. The second kappa shape index (κ2) is 15.2. The fourth-order valence-corrected chi connectivity index (χ4v) is 8.00. The van der Waals surface area contributed by atoms with E-state index in [4.69, 9.17) is 26.7 Å². The van der Waals surface area contributed by atoms with Gasteiger partial charge in [-0.25, -0.2) is 14.1 Å². The van der Waals surface area contributed by atoms with Crippen LogP contribution in [0.1, 0.15) is 57.5 Å². The molecule has 3 aromatic rings. The number of anilines is 1. The third-order valence-electron chi connectivity index (χ3n) is 9.69. The number of phenolic OH excluding ortho intramolecular Hbond substituents is 2. The molecule has 0 radical (unpaired) electrons. The molecule has 4 amide bonds. The number of aromatic nitrogens is 2. The van der Waals surface area contributed by atoms with Crippen LogP contribution in [0.4, 0.5) is 5.13 Å². The highest BCUT2D eigenvalue weighted by molar-refractivity contribution is 7.84. The minimum atomic E-state index is -5.15. The Morgan fingerprint density at radius 1 is 1.21 bits per heavy atom. The number of halogens is 1. The lowest BCUT2D eigenvalue weighted by molar-refractivity contribution is -0.897. The number of nitrogens with two attached hydrogens (primary N) is 1. The van der Waals surface area contributed by atoms with E-state index in [2.05, 4.69) is 31.2 Å². The number of hydrogen-bond acceptors (Lipinski definition) is 16. The first-order chi connectivity index (χ1) is 26.3. The second-order valence-electron chi connectivity index (χ2n) is 13.6. The van der Waals surface area contributed by atoms with Gasteiger partial charge in [0, 0.05) is 37.3 Å². The van der Waals surface area contributed by atoms with Crippen molar-refractivity contribution in [3.05, 3.63) is 51.3 Å². The van der Waals surface area contributed by atoms with Gasteiger partial charge in [0.15, 0.2) is 22.3 Å². The predicted molar refractivity (Wildman–Crippen MR) is 192 cm³/mol. The molecule has 6 rings (SSSR count). The van der Waals surface area contributed by atoms with Gasteiger partial charge in [0.1, 0.15) is 11.7 Å². The molecule has 25 heteroatoms. The van der Waals surface area contributed by atoms with Crippen LogP contribution in [-0.4, -0.2) is 140 Å². The molecular weight excluding hydrogens is 806 g/mol. The van der Waals surface area contributed by atoms with E-state index >= 15 is 0 Å². The Morgan fingerprint density at radius 3 is 2.59 bits per heavy atom. The fourth-order valence-electron chi connectivity index (χ4n) is 6.33. The predicted octanol–water partition coefficient (Wildman–Crippen LogP) is -0.592. The van der Waals surface area contributed by atoms with Crippen LogP contribution in [-0.2, 0) is 29.5 Å². The summed E-state index contributed by atoms with van der Waals surface area (Å²) >= 11 is 6.91. The number of nitrogens with zero attached hydrogens (tertiary/aromatic N) is 5. The Bertz CT molecular complexity index is 2240. The number of carbonyl (C=O) groups excluding carboxylic acids is 4. The second-order valence-corrected chi connectivity index (χ2v) is 16.2. The van der Waals surface area contributed by atoms with Crippen LogP contribution in [0.15, 0.2) is 33.3 Å². The van der Waals surface area contributed by atoms with E-state index in [0.29, 0.717) is 36.2 Å². The summed E-state index contributed by atoms with van der Waals surface area (Å²) in [5.74, 6) is -6.49. The number of likely N-dealkylation sites (N-methyl/N-ethyl adjacent to an activating group) is 1. The number of nitrogen functional groups attached to an aromatic ring is 1. The average Bonchev–Trinajstić information content (AvgIpc) is 3.39. The molecule has 0 bridgehead atoms. The van der Waals surface area contributed by atoms with E-state index in [9.17, 15) is 52.3 Å². The van der Waals surface area contributed by atoms with Crippen LogP contribution in [0.3, 0.4) is 0 Å². The van der Waals surface area contributed by atoms with Gasteiger partial charge in [-0.3, -0.25) is 23.7 Å². The van der Waals surface area contributed by atoms with Crippen molar-refractivity contribution in [2.45, 2.75) is 42.9 Å². The van der Waals surface area contributed by atoms with E-state index in [1.807, 2.05) is 7.05 Å². The van der Waals surface area contributed by atoms with Gasteiger partial charge in [0.05, 0.1) is 61.5 Å². The van der Waals surface area contributed by atoms with Crippen molar-refractivity contribution in [1.82, 2.24) is 30.4 Å². The Kier molecular flexibility index (Phi) is 10.9. The summed E-state index contributed by atoms with van der Waals surface area (Å²) in [5.41, 5.74) is 3.80. The molecule has 56 heavy (non-hydrogen) atoms. The number of likely N-dealkylation sites (tertiary alicyclic amines) is 1. The first-order valence-corrected chi connectivity index (χ1v) is 19.4. The molecule has 3 aliphatic rings. The van der Waals surface area contributed by atoms with Gasteiger partial charge < -0.3 is 50.8 Å². The third kappa shape index (κ3) is 8.18. The zero-order valence-electron chi connectivity index (χ0n) is 29.2. The van der Waals surface area contributed by atoms with E-state index in [1.165, 1.54) is 17.5 Å². The lowest BCUT2D eigenvalue weighted by atomic mass is 9.98. The van der Waals surface area contributed by atoms with Gasteiger partial charge in [0.2, 0.25) is 11.4 Å². The molecule has 1 unspecified atom stereocenters. The maximum Gasteiger partial charge on any atom is 0.362 e. The van der Waals surface area contributed by atoms with E-state index in [-0.39, 0.29) is 56.8 Å². The zero-order chi connectivity index (χ0) is 40.7. The van der Waals surface area contributed by atoms with Gasteiger partial charge in [-0.05, 0) is 12.1 Å². The largest absolute Gasteiger partial charge is 0.504 e. The summed E-state index contributed by atoms with van der Waals surface area (Å²) in [7, 11) is -3.17. The number of aliphatic carboxylic acids is 1. The Balaban J connectivity index is 1.06. The summed E-state index contributed by atoms with van der Waals surface area (Å²) in [5, 5.41) is 45.0. The average molecular weight is 841 g/mol. The first kappa shape index (κ1) is 40.1. The number of amides is 4. The van der Waals surface area contributed by atoms with Crippen molar-refractivity contribution >= 4 is 73.7 Å². The maximum atomic E-state index is 13.3. The molecular formula is C31H35ClN9O13S2+. The Labute approximate surface area is 325 Å². The fraction of sp³-hybridized carbons (Fsp3) is 0.419. The summed E-state index contributed by atoms with van der Waals surface area (Å²) < 4.78 is 39.7. The third-order valence-corrected chi connectivity index (χ3v) is 11.7. The van der Waals surface area contributed by atoms with Crippen LogP contribution >= 0.6 is 22.9 Å². The lowest BCUT2D eigenvalue weighted by Gasteiger charge is -2.44. The number of β-lactam (4-membered cyclic amide) rings is 1. The standard InChI is InChI=1S/C31H34ClN9O13S2/c1-41(9-7-34-25(44)15-2-3-19(42)24(43)21(15)32)8-4-14(12-41)16-10-20(53-38-16)26(45)35-11-18-23(28(47)40(18)56(50,51)52)37-27(46)22(17-13-55-30(33)36-17)39-54-31(5-6-31)29(48)49/h2-3,10,13-14,18,23H,4-9,11-12H2,1H3,(H8-,33,34,35,36,37,38,39,42,43,44,45,46,48,49,50,51,52)/p+1/t14-,18-,23+,41?/m1/s1. The van der Waals surface area contributed by atoms with Gasteiger partial charge in [-0.1, -0.05) is 21.9 Å². The summed E-state index contributed by atoms with van der Waals surface area (Å²) in [6.07, 6.45) is 0.895. The molecule has 1 aliphatic carbocycles. The number of carbonyl (C=O) groups is 5. The van der Waals surface area contributed by atoms with Crippen LogP contribution in [0.5, 0.6) is 11.5 Å². The van der Waals surface area contributed by atoms with Gasteiger partial charge >= 0.3 is 16.3 Å². The molecule has 300 valence electrons. The molecule has 2 aliphatic heterocycles. The van der Waals surface area contributed by atoms with E-state index in [0.717, 1.165) is 17.4 Å². The minimum Gasteiger partial charge on any atom is -0.504 e. The van der Waals surface area contributed by atoms with E-state index < -0.39 is 81.3 Å². The van der Waals surface area contributed by atoms with Gasteiger partial charge in [-0.2, -0.15) is 8.42 Å². The molecule has 0 spiro atoms. The highest BCUT2D eigenvalue weighted by Gasteiger charge is 2.56. The molecule has 3 fully saturated rings. The van der Waals surface area contributed by atoms with Crippen molar-refractivity contribution in [3.63, 3.8) is 0 Å². The number of rotatable bonds is 15. The molecule has 2 saturated heterocycles. The molecule has 1 saturated carbocycles. The van der Waals surface area contributed by atoms with Crippen molar-refractivity contribution in [3.8, 4) is 11.5 Å². The molecule has 2 aromatic heterocycles. The SMILES string of the molecule is C[N+]1(CCNC(=O)c2ccc(O)c(O)c2Cl)CC[C@@H](c2cc(C(=O)NC[C@@H]3[C@H](NC(=O)/C(=N\OC4(C(=O)O)CC4)c4csc(N)n4)C(=O)N3S(=O)(=O)O)on2)C1. The monoisotopic (exact) mass is 840 g/mol. The molecule has 4 heterocycles. The number of benzene rings is 1. The highest BCUT2D eigenvalue weighted by atomic mass is 35.5. The van der Waals surface area contributed by atoms with E-state index in [1.54, 1.807) is 0 Å². The quantitative estimate of drug-likeness (QED) is 0.0237. The number of quaternary nitrogens is 1. The summed E-state index contributed by atoms with van der Waals surface area (Å²) in [6, 6.07) is 0.722. The smallest absolute Gasteiger partial charge is 0.362 e. The molecule has 4 atom stereocenters. The summed E-state index contributed by atoms with van der Waals surface area (Å²) in [6.45, 7) is 1.43. The number of carboxylic acids is 1. The summed E-state index contributed by atoms with van der Waals surface area (Å²) in [4.78, 5) is 72.6. The highest BCUT2D eigenvalue weighted by Crippen LogP contribution is 2.40. The Hall–Kier alpha value is -5.56. The topological polar surface area (TPSA) is 326 Å². The van der Waals surface area contributed by atoms with Crippen molar-refractivity contribution < 1.29 is 66.1 Å². The van der Waals surface area contributed by atoms with Crippen molar-refractivity contribution in [2.75, 3.05) is 45.5 Å². The minimum absolute atomic E-state index is 0.000246. The normalized spacial score (nSPS) is 22.9.